The third kappa shape index (κ3) is 7.27. The molecule has 0 aromatic heterocycles. The molecular formula is C33H31BrN6O4. The number of hydrogen-bond donors (Lipinski definition) is 3. The Morgan fingerprint density at radius 2 is 1.75 bits per heavy atom. The highest BCUT2D eigenvalue weighted by Crippen LogP contribution is 2.44. The molecule has 5 rings (SSSR count). The highest BCUT2D eigenvalue weighted by molar-refractivity contribution is 9.10. The lowest BCUT2D eigenvalue weighted by Crippen LogP contribution is -2.53. The summed E-state index contributed by atoms with van der Waals surface area (Å²) in [6, 6.07) is 31.6. The largest absolute Gasteiger partial charge is 0.494 e. The van der Waals surface area contributed by atoms with Gasteiger partial charge in [-0.15, -0.1) is 0 Å². The van der Waals surface area contributed by atoms with Crippen LogP contribution < -0.4 is 15.6 Å². The lowest BCUT2D eigenvalue weighted by molar-refractivity contribution is -0.130. The van der Waals surface area contributed by atoms with Crippen molar-refractivity contribution in [2.24, 2.45) is 10.1 Å². The predicted molar refractivity (Wildman–Crippen MR) is 171 cm³/mol. The third-order valence-corrected chi connectivity index (χ3v) is 7.67. The average molecular weight is 656 g/mol. The Labute approximate surface area is 263 Å². The Hall–Kier alpha value is -4.67. The van der Waals surface area contributed by atoms with Gasteiger partial charge in [-0.1, -0.05) is 87.8 Å². The average Bonchev–Trinajstić information content (AvgIpc) is 3.44. The van der Waals surface area contributed by atoms with Crippen LogP contribution >= 0.6 is 15.9 Å². The number of nitrogens with zero attached hydrogens (tertiary/aromatic N) is 4. The van der Waals surface area contributed by atoms with Crippen molar-refractivity contribution < 1.29 is 19.4 Å². The van der Waals surface area contributed by atoms with Gasteiger partial charge in [0.1, 0.15) is 5.75 Å². The second kappa shape index (κ2) is 14.7. The second-order valence-corrected chi connectivity index (χ2v) is 11.0. The second-order valence-electron chi connectivity index (χ2n) is 10.1. The van der Waals surface area contributed by atoms with E-state index in [2.05, 4.69) is 36.8 Å². The molecule has 3 N–H and O–H groups in total. The Bertz CT molecular complexity index is 1640. The molecule has 0 saturated heterocycles. The van der Waals surface area contributed by atoms with Crippen molar-refractivity contribution >= 4 is 33.4 Å². The van der Waals surface area contributed by atoms with E-state index in [-0.39, 0.29) is 13.0 Å². The van der Waals surface area contributed by atoms with E-state index in [0.29, 0.717) is 48.0 Å². The van der Waals surface area contributed by atoms with E-state index in [1.165, 1.54) is 0 Å². The SMILES string of the molecule is [N-]=[N+]=Nc1ccccc1C[C@]1(C(=O)NNCc2ccccc2)N=C(c2ccc(OCCCO)cc2)O[C@H]1c1ccc(Br)cc1. The van der Waals surface area contributed by atoms with Gasteiger partial charge in [-0.3, -0.25) is 10.2 Å². The number of aliphatic hydroxyl groups is 1. The van der Waals surface area contributed by atoms with Crippen LogP contribution in [0.3, 0.4) is 0 Å². The maximum absolute atomic E-state index is 14.3. The van der Waals surface area contributed by atoms with Gasteiger partial charge in [0.2, 0.25) is 5.90 Å². The zero-order valence-electron chi connectivity index (χ0n) is 23.8. The summed E-state index contributed by atoms with van der Waals surface area (Å²) < 4.78 is 13.1. The van der Waals surface area contributed by atoms with Crippen LogP contribution in [-0.4, -0.2) is 35.7 Å². The quantitative estimate of drug-likeness (QED) is 0.0498. The summed E-state index contributed by atoms with van der Waals surface area (Å²) in [6.07, 6.45) is -0.198. The van der Waals surface area contributed by atoms with Crippen molar-refractivity contribution in [3.63, 3.8) is 0 Å². The molecule has 0 saturated carbocycles. The molecule has 44 heavy (non-hydrogen) atoms. The van der Waals surface area contributed by atoms with E-state index in [9.17, 15) is 10.3 Å². The van der Waals surface area contributed by atoms with E-state index < -0.39 is 17.6 Å². The molecule has 1 aliphatic rings. The fourth-order valence-corrected chi connectivity index (χ4v) is 5.21. The molecule has 1 amide bonds. The summed E-state index contributed by atoms with van der Waals surface area (Å²) >= 11 is 3.50. The molecule has 0 bridgehead atoms. The molecular weight excluding hydrogens is 624 g/mol. The van der Waals surface area contributed by atoms with Crippen LogP contribution in [0.4, 0.5) is 5.69 Å². The van der Waals surface area contributed by atoms with Crippen molar-refractivity contribution in [3.05, 3.63) is 140 Å². The summed E-state index contributed by atoms with van der Waals surface area (Å²) in [5, 5.41) is 12.9. The monoisotopic (exact) mass is 654 g/mol. The fourth-order valence-electron chi connectivity index (χ4n) is 4.95. The van der Waals surface area contributed by atoms with Crippen LogP contribution in [0.15, 0.2) is 118 Å². The molecule has 4 aromatic rings. The minimum atomic E-state index is -1.48. The van der Waals surface area contributed by atoms with Crippen molar-refractivity contribution in [1.82, 2.24) is 10.9 Å². The first-order chi connectivity index (χ1) is 21.5. The predicted octanol–water partition coefficient (Wildman–Crippen LogP) is 6.47. The van der Waals surface area contributed by atoms with Crippen LogP contribution in [0.1, 0.15) is 34.8 Å². The third-order valence-electron chi connectivity index (χ3n) is 7.14. The summed E-state index contributed by atoms with van der Waals surface area (Å²) in [6.45, 7) is 0.839. The fraction of sp³-hybridized carbons (Fsp3) is 0.212. The standard InChI is InChI=1S/C33H31BrN6O4/c34-27-15-11-24(12-16-27)30-33(21-26-9-4-5-10-29(26)38-40-35,32(42)39-36-22-23-7-2-1-3-8-23)37-31(44-30)25-13-17-28(18-14-25)43-20-6-19-41/h1-5,7-18,30,36,41H,6,19-22H2,(H,39,42)/t30-,33-/m0/s1. The molecule has 0 spiro atoms. The van der Waals surface area contributed by atoms with Gasteiger partial charge in [0.15, 0.2) is 11.6 Å². The number of carbonyl (C=O) groups is 1. The Morgan fingerprint density at radius 3 is 2.48 bits per heavy atom. The number of hydrogen-bond acceptors (Lipinski definition) is 7. The highest BCUT2D eigenvalue weighted by Gasteiger charge is 2.53. The van der Waals surface area contributed by atoms with Gasteiger partial charge in [0.05, 0.1) is 6.61 Å². The molecule has 0 unspecified atom stereocenters. The van der Waals surface area contributed by atoms with Gasteiger partial charge in [-0.2, -0.15) is 0 Å². The maximum atomic E-state index is 14.3. The molecule has 10 nitrogen and oxygen atoms in total. The summed E-state index contributed by atoms with van der Waals surface area (Å²) in [5.74, 6) is 0.526. The van der Waals surface area contributed by atoms with Crippen LogP contribution in [0.5, 0.6) is 5.75 Å². The number of ether oxygens (including phenoxy) is 2. The van der Waals surface area contributed by atoms with Gasteiger partial charge >= 0.3 is 0 Å². The number of halogens is 1. The number of hydrazine groups is 1. The van der Waals surface area contributed by atoms with E-state index in [0.717, 1.165) is 15.6 Å². The Morgan fingerprint density at radius 1 is 1.02 bits per heavy atom. The molecule has 0 fully saturated rings. The molecule has 11 heteroatoms. The number of carbonyl (C=O) groups excluding carboxylic acids is 1. The van der Waals surface area contributed by atoms with Crippen LogP contribution in [0, 0.1) is 0 Å². The Balaban J connectivity index is 1.56. The van der Waals surface area contributed by atoms with E-state index in [4.69, 9.17) is 19.6 Å². The van der Waals surface area contributed by atoms with Crippen molar-refractivity contribution in [1.29, 1.82) is 0 Å². The van der Waals surface area contributed by atoms with Gasteiger partial charge < -0.3 is 14.6 Å². The number of nitrogens with one attached hydrogen (secondary N) is 2. The van der Waals surface area contributed by atoms with Gasteiger partial charge in [0.25, 0.3) is 5.91 Å². The molecule has 4 aromatic carbocycles. The minimum absolute atomic E-state index is 0.0489. The first-order valence-electron chi connectivity index (χ1n) is 14.1. The van der Waals surface area contributed by atoms with E-state index in [1.54, 1.807) is 24.3 Å². The van der Waals surface area contributed by atoms with Crippen molar-refractivity contribution in [2.45, 2.75) is 31.0 Å². The number of benzene rings is 4. The zero-order chi connectivity index (χ0) is 30.8. The normalized spacial score (nSPS) is 17.2. The van der Waals surface area contributed by atoms with Crippen LogP contribution in [-0.2, 0) is 22.5 Å². The minimum Gasteiger partial charge on any atom is -0.494 e. The van der Waals surface area contributed by atoms with Crippen molar-refractivity contribution in [3.8, 4) is 5.75 Å². The van der Waals surface area contributed by atoms with Crippen LogP contribution in [0.25, 0.3) is 10.4 Å². The lowest BCUT2D eigenvalue weighted by Gasteiger charge is -2.31. The van der Waals surface area contributed by atoms with E-state index >= 15 is 0 Å². The van der Waals surface area contributed by atoms with Crippen molar-refractivity contribution in [2.75, 3.05) is 13.2 Å². The number of rotatable bonds is 13. The number of aliphatic imine (C=N–C) groups is 1. The maximum Gasteiger partial charge on any atom is 0.266 e. The number of azide groups is 1. The first-order valence-corrected chi connectivity index (χ1v) is 14.9. The smallest absolute Gasteiger partial charge is 0.266 e. The van der Waals surface area contributed by atoms with E-state index in [1.807, 2.05) is 78.9 Å². The topological polar surface area (TPSA) is 141 Å². The zero-order valence-corrected chi connectivity index (χ0v) is 25.4. The molecule has 0 aliphatic carbocycles. The lowest BCUT2D eigenvalue weighted by atomic mass is 9.81. The summed E-state index contributed by atoms with van der Waals surface area (Å²) in [5.41, 5.74) is 17.1. The summed E-state index contributed by atoms with van der Waals surface area (Å²) in [4.78, 5) is 22.4. The van der Waals surface area contributed by atoms with Gasteiger partial charge in [-0.05, 0) is 58.6 Å². The van der Waals surface area contributed by atoms with Gasteiger partial charge in [0, 0.05) is 46.6 Å². The number of aliphatic hydroxyl groups excluding tert-OH is 1. The molecule has 1 heterocycles. The van der Waals surface area contributed by atoms with Crippen LogP contribution in [0.2, 0.25) is 0 Å². The van der Waals surface area contributed by atoms with Gasteiger partial charge in [-0.25, -0.2) is 10.4 Å². The first kappa shape index (κ1) is 30.8. The molecule has 224 valence electrons. The summed E-state index contributed by atoms with van der Waals surface area (Å²) in [7, 11) is 0. The molecule has 1 aliphatic heterocycles. The molecule has 2 atom stereocenters. The Kier molecular flexibility index (Phi) is 10.3. The number of amides is 1. The highest BCUT2D eigenvalue weighted by atomic mass is 79.9. The molecule has 0 radical (unpaired) electrons.